The fourth-order valence-electron chi connectivity index (χ4n) is 1.36. The zero-order chi connectivity index (χ0) is 14.3. The molecule has 1 rings (SSSR count). The van der Waals surface area contributed by atoms with Gasteiger partial charge in [0, 0.05) is 30.9 Å². The second-order valence-corrected chi connectivity index (χ2v) is 6.47. The molecule has 1 heterocycles. The summed E-state index contributed by atoms with van der Waals surface area (Å²) in [5.41, 5.74) is 0. The van der Waals surface area contributed by atoms with E-state index in [4.69, 9.17) is 4.74 Å². The molecule has 6 nitrogen and oxygen atoms in total. The molecule has 0 atom stereocenters. The van der Waals surface area contributed by atoms with Crippen molar-refractivity contribution in [3.8, 4) is 0 Å². The van der Waals surface area contributed by atoms with Crippen molar-refractivity contribution < 1.29 is 13.2 Å². The Balaban J connectivity index is 2.98. The van der Waals surface area contributed by atoms with Gasteiger partial charge in [-0.1, -0.05) is 6.92 Å². The van der Waals surface area contributed by atoms with Crippen LogP contribution in [0.4, 0.5) is 5.82 Å². The van der Waals surface area contributed by atoms with Gasteiger partial charge in [-0.05, 0) is 28.4 Å². The van der Waals surface area contributed by atoms with Crippen molar-refractivity contribution in [2.75, 3.05) is 32.1 Å². The first-order valence-electron chi connectivity index (χ1n) is 5.89. The molecular formula is C11H18BrN3O3S. The molecule has 2 N–H and O–H groups in total. The molecule has 0 saturated heterocycles. The van der Waals surface area contributed by atoms with Crippen molar-refractivity contribution in [3.63, 3.8) is 0 Å². The molecule has 0 aliphatic carbocycles. The van der Waals surface area contributed by atoms with E-state index in [1.54, 1.807) is 6.20 Å². The summed E-state index contributed by atoms with van der Waals surface area (Å²) in [5.74, 6) is 0.356. The fraction of sp³-hybridized carbons (Fsp3) is 0.545. The van der Waals surface area contributed by atoms with Crippen LogP contribution in [0, 0.1) is 0 Å². The van der Waals surface area contributed by atoms with E-state index < -0.39 is 10.0 Å². The maximum Gasteiger partial charge on any atom is 0.244 e. The molecule has 0 aromatic carbocycles. The number of hydrogen-bond acceptors (Lipinski definition) is 5. The number of pyridine rings is 1. The Hall–Kier alpha value is -0.700. The minimum Gasteiger partial charge on any atom is -0.383 e. The quantitative estimate of drug-likeness (QED) is 0.695. The highest BCUT2D eigenvalue weighted by atomic mass is 79.9. The van der Waals surface area contributed by atoms with E-state index in [9.17, 15) is 8.42 Å². The molecule has 0 aliphatic heterocycles. The minimum absolute atomic E-state index is 0.131. The van der Waals surface area contributed by atoms with Crippen molar-refractivity contribution >= 4 is 31.8 Å². The Bertz CT molecular complexity index is 508. The standard InChI is InChI=1S/C11H18BrN3O3S/c1-3-4-13-11-10(7-9(12)8-14-11)19(16,17)15-5-6-18-2/h7-8,15H,3-6H2,1-2H3,(H,13,14). The number of anilines is 1. The van der Waals surface area contributed by atoms with Crippen LogP contribution in [-0.4, -0.2) is 40.2 Å². The van der Waals surface area contributed by atoms with Crippen LogP contribution in [0.15, 0.2) is 21.6 Å². The average Bonchev–Trinajstić information content (AvgIpc) is 2.37. The summed E-state index contributed by atoms with van der Waals surface area (Å²) >= 11 is 3.23. The van der Waals surface area contributed by atoms with Crippen LogP contribution in [0.1, 0.15) is 13.3 Å². The van der Waals surface area contributed by atoms with Gasteiger partial charge in [0.15, 0.2) is 0 Å². The van der Waals surface area contributed by atoms with Gasteiger partial charge in [0.25, 0.3) is 0 Å². The highest BCUT2D eigenvalue weighted by Gasteiger charge is 2.19. The number of nitrogens with one attached hydrogen (secondary N) is 2. The molecule has 0 bridgehead atoms. The second kappa shape index (κ2) is 7.78. The van der Waals surface area contributed by atoms with Crippen LogP contribution in [0.2, 0.25) is 0 Å². The van der Waals surface area contributed by atoms with Gasteiger partial charge in [-0.2, -0.15) is 0 Å². The molecule has 1 aromatic heterocycles. The number of sulfonamides is 1. The molecule has 108 valence electrons. The Morgan fingerprint density at radius 2 is 2.16 bits per heavy atom. The third-order valence-corrected chi connectivity index (χ3v) is 4.16. The summed E-state index contributed by atoms with van der Waals surface area (Å²) in [6, 6.07) is 1.53. The SMILES string of the molecule is CCCNc1ncc(Br)cc1S(=O)(=O)NCCOC. The van der Waals surface area contributed by atoms with Gasteiger partial charge < -0.3 is 10.1 Å². The van der Waals surface area contributed by atoms with Crippen molar-refractivity contribution in [2.45, 2.75) is 18.2 Å². The van der Waals surface area contributed by atoms with Crippen molar-refractivity contribution in [3.05, 3.63) is 16.7 Å². The van der Waals surface area contributed by atoms with Crippen LogP contribution in [0.3, 0.4) is 0 Å². The third-order valence-electron chi connectivity index (χ3n) is 2.25. The zero-order valence-corrected chi connectivity index (χ0v) is 13.3. The molecule has 0 aliphatic rings. The van der Waals surface area contributed by atoms with Crippen LogP contribution >= 0.6 is 15.9 Å². The van der Waals surface area contributed by atoms with Crippen LogP contribution < -0.4 is 10.0 Å². The Labute approximate surface area is 122 Å². The minimum atomic E-state index is -3.60. The molecule has 1 aromatic rings. The summed E-state index contributed by atoms with van der Waals surface area (Å²) in [7, 11) is -2.08. The predicted octanol–water partition coefficient (Wildman–Crippen LogP) is 1.59. The third kappa shape index (κ3) is 5.06. The monoisotopic (exact) mass is 351 g/mol. The van der Waals surface area contributed by atoms with Gasteiger partial charge in [-0.25, -0.2) is 18.1 Å². The molecule has 0 fully saturated rings. The normalized spacial score (nSPS) is 11.5. The first-order chi connectivity index (χ1) is 9.01. The van der Waals surface area contributed by atoms with Gasteiger partial charge in [0.05, 0.1) is 6.61 Å². The second-order valence-electron chi connectivity index (χ2n) is 3.82. The molecule has 0 unspecified atom stereocenters. The zero-order valence-electron chi connectivity index (χ0n) is 10.9. The Morgan fingerprint density at radius 3 is 2.79 bits per heavy atom. The lowest BCUT2D eigenvalue weighted by Gasteiger charge is -2.12. The van der Waals surface area contributed by atoms with Crippen molar-refractivity contribution in [1.29, 1.82) is 0 Å². The molecule has 0 radical (unpaired) electrons. The van der Waals surface area contributed by atoms with E-state index in [1.807, 2.05) is 6.92 Å². The highest BCUT2D eigenvalue weighted by Crippen LogP contribution is 2.22. The van der Waals surface area contributed by atoms with E-state index in [1.165, 1.54) is 13.2 Å². The lowest BCUT2D eigenvalue weighted by molar-refractivity contribution is 0.204. The van der Waals surface area contributed by atoms with E-state index in [0.717, 1.165) is 6.42 Å². The summed E-state index contributed by atoms with van der Waals surface area (Å²) < 4.78 is 32.3. The number of halogens is 1. The molecule has 0 saturated carbocycles. The van der Waals surface area contributed by atoms with Crippen LogP contribution in [0.5, 0.6) is 0 Å². The summed E-state index contributed by atoms with van der Waals surface area (Å²) in [5, 5.41) is 3.00. The highest BCUT2D eigenvalue weighted by molar-refractivity contribution is 9.10. The molecule has 19 heavy (non-hydrogen) atoms. The first kappa shape index (κ1) is 16.4. The van der Waals surface area contributed by atoms with Crippen LogP contribution in [0.25, 0.3) is 0 Å². The van der Waals surface area contributed by atoms with E-state index in [-0.39, 0.29) is 11.4 Å². The maximum absolute atomic E-state index is 12.2. The Morgan fingerprint density at radius 1 is 1.42 bits per heavy atom. The summed E-state index contributed by atoms with van der Waals surface area (Å²) in [6.07, 6.45) is 2.44. The number of nitrogens with zero attached hydrogens (tertiary/aromatic N) is 1. The summed E-state index contributed by atoms with van der Waals surface area (Å²) in [4.78, 5) is 4.23. The van der Waals surface area contributed by atoms with Gasteiger partial charge in [0.2, 0.25) is 10.0 Å². The number of methoxy groups -OCH3 is 1. The van der Waals surface area contributed by atoms with Crippen molar-refractivity contribution in [2.24, 2.45) is 0 Å². The molecule has 8 heteroatoms. The predicted molar refractivity (Wildman–Crippen MR) is 77.8 cm³/mol. The smallest absolute Gasteiger partial charge is 0.244 e. The number of hydrogen-bond donors (Lipinski definition) is 2. The summed E-state index contributed by atoms with van der Waals surface area (Å²) in [6.45, 7) is 3.20. The van der Waals surface area contributed by atoms with E-state index in [2.05, 4.69) is 31.0 Å². The fourth-order valence-corrected chi connectivity index (χ4v) is 3.01. The van der Waals surface area contributed by atoms with Gasteiger partial charge >= 0.3 is 0 Å². The van der Waals surface area contributed by atoms with Gasteiger partial charge in [0.1, 0.15) is 10.7 Å². The largest absolute Gasteiger partial charge is 0.383 e. The molecule has 0 spiro atoms. The Kier molecular flexibility index (Phi) is 6.70. The lowest BCUT2D eigenvalue weighted by atomic mass is 10.4. The van der Waals surface area contributed by atoms with Gasteiger partial charge in [-0.15, -0.1) is 0 Å². The number of aromatic nitrogens is 1. The maximum atomic E-state index is 12.2. The average molecular weight is 352 g/mol. The topological polar surface area (TPSA) is 80.3 Å². The first-order valence-corrected chi connectivity index (χ1v) is 8.17. The number of rotatable bonds is 8. The van der Waals surface area contributed by atoms with E-state index in [0.29, 0.717) is 23.4 Å². The number of ether oxygens (including phenoxy) is 1. The van der Waals surface area contributed by atoms with E-state index >= 15 is 0 Å². The van der Waals surface area contributed by atoms with Crippen LogP contribution in [-0.2, 0) is 14.8 Å². The molecular weight excluding hydrogens is 334 g/mol. The lowest BCUT2D eigenvalue weighted by Crippen LogP contribution is -2.28. The van der Waals surface area contributed by atoms with Gasteiger partial charge in [-0.3, -0.25) is 0 Å². The molecule has 0 amide bonds. The van der Waals surface area contributed by atoms with Crippen molar-refractivity contribution in [1.82, 2.24) is 9.71 Å².